The number of allylic oxidation sites excluding steroid dienone is 1. The van der Waals surface area contributed by atoms with Gasteiger partial charge in [0.05, 0.1) is 11.1 Å². The molecule has 0 spiro atoms. The quantitative estimate of drug-likeness (QED) is 0.0661. The highest BCUT2D eigenvalue weighted by Crippen LogP contribution is 2.57. The summed E-state index contributed by atoms with van der Waals surface area (Å²) in [5.41, 5.74) is 11.1. The maximum Gasteiger partial charge on any atom is 0.335 e. The van der Waals surface area contributed by atoms with E-state index in [1.54, 1.807) is 6.08 Å². The molecule has 1 saturated carbocycles. The second-order valence-corrected chi connectivity index (χ2v) is 17.0. The van der Waals surface area contributed by atoms with Crippen molar-refractivity contribution in [3.8, 4) is 11.1 Å². The van der Waals surface area contributed by atoms with Gasteiger partial charge >= 0.3 is 5.97 Å². The van der Waals surface area contributed by atoms with Gasteiger partial charge in [-0.15, -0.1) is 0 Å². The van der Waals surface area contributed by atoms with Crippen molar-refractivity contribution in [3.05, 3.63) is 123 Å². The summed E-state index contributed by atoms with van der Waals surface area (Å²) in [7, 11) is 0. The molecule has 0 amide bonds. The predicted octanol–water partition coefficient (Wildman–Crippen LogP) is 13.4. The summed E-state index contributed by atoms with van der Waals surface area (Å²) in [5, 5.41) is 9.46. The molecule has 5 nitrogen and oxygen atoms in total. The van der Waals surface area contributed by atoms with Gasteiger partial charge in [-0.2, -0.15) is 0 Å². The van der Waals surface area contributed by atoms with Crippen LogP contribution in [0.2, 0.25) is 0 Å². The number of ketones is 2. The number of hydrogen-bond donors (Lipinski definition) is 1. The third-order valence-electron chi connectivity index (χ3n) is 13.5. The number of nitrogens with zero attached hydrogens (tertiary/aromatic N) is 1. The van der Waals surface area contributed by atoms with Gasteiger partial charge in [0.1, 0.15) is 0 Å². The first kappa shape index (κ1) is 38.1. The van der Waals surface area contributed by atoms with Gasteiger partial charge < -0.3 is 10.0 Å². The molecule has 0 saturated heterocycles. The maximum atomic E-state index is 13.4. The average Bonchev–Trinajstić information content (AvgIpc) is 3.94. The fourth-order valence-electron chi connectivity index (χ4n) is 10.7. The van der Waals surface area contributed by atoms with Crippen LogP contribution in [0.25, 0.3) is 17.2 Å². The van der Waals surface area contributed by atoms with Crippen LogP contribution in [0.4, 0.5) is 11.4 Å². The number of carbonyl (C=O) groups excluding carboxylic acids is 2. The number of benzene rings is 4. The largest absolute Gasteiger partial charge is 0.478 e. The van der Waals surface area contributed by atoms with Gasteiger partial charge in [-0.1, -0.05) is 134 Å². The Morgan fingerprint density at radius 2 is 1.38 bits per heavy atom. The lowest BCUT2D eigenvalue weighted by atomic mass is 9.70. The highest BCUT2D eigenvalue weighted by atomic mass is 16.4. The zero-order valence-electron chi connectivity index (χ0n) is 33.4. The summed E-state index contributed by atoms with van der Waals surface area (Å²) in [5.74, 6) is -1.48. The standard InChI is InChI=1S/C51H57NO4/c1-3-5-7-9-11-15-28-51(29-16-12-10-8-6-4-2)44-20-14-13-18-37(44)40-33-36(24-26-45(40)51)52-46-21-17-19-38(46)41-30-34(22-27-47(41)52)31-43-48(53)39-25-23-35(50(55)56)32-42(39)49(43)54/h13-14,18,20,22-27,30-33,38,46H,3-12,15-17,19,21,28-29H2,1-2H3,(H,55,56)/b43-31+. The van der Waals surface area contributed by atoms with Crippen molar-refractivity contribution < 1.29 is 19.5 Å². The molecule has 4 aliphatic rings. The lowest BCUT2D eigenvalue weighted by Gasteiger charge is -2.33. The van der Waals surface area contributed by atoms with Crippen LogP contribution in [0.15, 0.2) is 84.4 Å². The Morgan fingerprint density at radius 1 is 0.696 bits per heavy atom. The number of carboxylic acid groups (broad SMARTS) is 1. The van der Waals surface area contributed by atoms with Crippen LogP contribution in [0.5, 0.6) is 0 Å². The molecule has 8 rings (SSSR count). The maximum absolute atomic E-state index is 13.4. The third kappa shape index (κ3) is 6.86. The second kappa shape index (κ2) is 16.4. The summed E-state index contributed by atoms with van der Waals surface area (Å²) < 4.78 is 0. The lowest BCUT2D eigenvalue weighted by Crippen LogP contribution is -2.27. The summed E-state index contributed by atoms with van der Waals surface area (Å²) >= 11 is 0. The fourth-order valence-corrected chi connectivity index (χ4v) is 10.7. The molecule has 56 heavy (non-hydrogen) atoms. The molecule has 5 heteroatoms. The van der Waals surface area contributed by atoms with E-state index in [1.165, 1.54) is 154 Å². The number of unbranched alkanes of at least 4 members (excludes halogenated alkanes) is 10. The van der Waals surface area contributed by atoms with Gasteiger partial charge in [0, 0.05) is 39.9 Å². The lowest BCUT2D eigenvalue weighted by molar-refractivity contribution is 0.0696. The third-order valence-corrected chi connectivity index (χ3v) is 13.5. The summed E-state index contributed by atoms with van der Waals surface area (Å²) in [6, 6.07) is 27.6. The summed E-state index contributed by atoms with van der Waals surface area (Å²) in [4.78, 5) is 40.9. The molecular weight excluding hydrogens is 691 g/mol. The van der Waals surface area contributed by atoms with Crippen molar-refractivity contribution in [1.29, 1.82) is 0 Å². The van der Waals surface area contributed by atoms with Crippen molar-refractivity contribution in [2.75, 3.05) is 4.90 Å². The van der Waals surface area contributed by atoms with Crippen molar-refractivity contribution in [2.24, 2.45) is 0 Å². The van der Waals surface area contributed by atoms with E-state index in [-0.39, 0.29) is 33.5 Å². The second-order valence-electron chi connectivity index (χ2n) is 17.0. The van der Waals surface area contributed by atoms with Gasteiger partial charge in [0.25, 0.3) is 0 Å². The Bertz CT molecular complexity index is 2160. The summed E-state index contributed by atoms with van der Waals surface area (Å²) in [6.07, 6.45) is 23.3. The molecule has 0 radical (unpaired) electrons. The van der Waals surface area contributed by atoms with E-state index in [2.05, 4.69) is 73.3 Å². The number of carboxylic acids is 1. The molecule has 3 aliphatic carbocycles. The van der Waals surface area contributed by atoms with E-state index in [4.69, 9.17) is 0 Å². The van der Waals surface area contributed by atoms with Crippen molar-refractivity contribution in [3.63, 3.8) is 0 Å². The minimum absolute atomic E-state index is 0.00684. The molecule has 290 valence electrons. The number of fused-ring (bicyclic) bond motifs is 7. The van der Waals surface area contributed by atoms with E-state index in [0.717, 1.165) is 18.4 Å². The van der Waals surface area contributed by atoms with Crippen LogP contribution in [0.3, 0.4) is 0 Å². The van der Waals surface area contributed by atoms with Crippen molar-refractivity contribution in [1.82, 2.24) is 0 Å². The fraction of sp³-hybridized carbons (Fsp3) is 0.431. The minimum Gasteiger partial charge on any atom is -0.478 e. The molecule has 4 aromatic carbocycles. The predicted molar refractivity (Wildman–Crippen MR) is 228 cm³/mol. The van der Waals surface area contributed by atoms with E-state index in [0.29, 0.717) is 12.0 Å². The Balaban J connectivity index is 1.11. The number of anilines is 2. The van der Waals surface area contributed by atoms with Gasteiger partial charge in [0.15, 0.2) is 11.6 Å². The molecule has 2 atom stereocenters. The Kier molecular flexibility index (Phi) is 11.1. The molecule has 1 N–H and O–H groups in total. The van der Waals surface area contributed by atoms with Crippen molar-refractivity contribution >= 4 is 35.0 Å². The van der Waals surface area contributed by atoms with Crippen molar-refractivity contribution in [2.45, 2.75) is 140 Å². The Morgan fingerprint density at radius 3 is 2.11 bits per heavy atom. The minimum atomic E-state index is -1.12. The molecule has 0 bridgehead atoms. The van der Waals surface area contributed by atoms with Gasteiger partial charge in [-0.05, 0) is 108 Å². The zero-order valence-corrected chi connectivity index (χ0v) is 33.4. The van der Waals surface area contributed by atoms with Crippen LogP contribution in [-0.4, -0.2) is 28.7 Å². The van der Waals surface area contributed by atoms with Crippen LogP contribution in [0.1, 0.15) is 182 Å². The number of Topliss-reactive ketones (excluding diaryl/α,β-unsaturated/α-hetero) is 2. The Labute approximate surface area is 333 Å². The SMILES string of the molecule is CCCCCCCCC1(CCCCCCCC)c2ccccc2-c2cc(N3c4ccc(/C=C5\C(=O)c6ccc(C(=O)O)cc6C5=O)cc4C4CCCC43)ccc21. The Hall–Kier alpha value is -4.77. The molecule has 1 heterocycles. The van der Waals surface area contributed by atoms with Gasteiger partial charge in [-0.3, -0.25) is 9.59 Å². The number of rotatable bonds is 17. The number of hydrogen-bond acceptors (Lipinski definition) is 4. The highest BCUT2D eigenvalue weighted by molar-refractivity contribution is 6.41. The van der Waals surface area contributed by atoms with Crippen LogP contribution in [-0.2, 0) is 5.41 Å². The van der Waals surface area contributed by atoms with E-state index < -0.39 is 11.8 Å². The number of aromatic carboxylic acids is 1. The number of carbonyl (C=O) groups is 3. The monoisotopic (exact) mass is 747 g/mol. The summed E-state index contributed by atoms with van der Waals surface area (Å²) in [6.45, 7) is 4.59. The first-order chi connectivity index (χ1) is 27.4. The zero-order chi connectivity index (χ0) is 38.8. The van der Waals surface area contributed by atoms with E-state index >= 15 is 0 Å². The van der Waals surface area contributed by atoms with Crippen LogP contribution < -0.4 is 4.90 Å². The van der Waals surface area contributed by atoms with E-state index in [1.807, 2.05) is 6.07 Å². The molecule has 2 unspecified atom stereocenters. The molecule has 4 aromatic rings. The molecule has 0 aromatic heterocycles. The van der Waals surface area contributed by atoms with Crippen LogP contribution >= 0.6 is 0 Å². The topological polar surface area (TPSA) is 74.7 Å². The van der Waals surface area contributed by atoms with Gasteiger partial charge in [-0.25, -0.2) is 4.79 Å². The normalized spacial score (nSPS) is 19.3. The smallest absolute Gasteiger partial charge is 0.335 e. The average molecular weight is 748 g/mol. The first-order valence-electron chi connectivity index (χ1n) is 21.7. The highest BCUT2D eigenvalue weighted by Gasteiger charge is 2.45. The molecule has 1 aliphatic heterocycles. The molecular formula is C51H57NO4. The van der Waals surface area contributed by atoms with Crippen LogP contribution in [0, 0.1) is 0 Å². The van der Waals surface area contributed by atoms with Gasteiger partial charge in [0.2, 0.25) is 0 Å². The van der Waals surface area contributed by atoms with E-state index in [9.17, 15) is 19.5 Å². The molecule has 1 fully saturated rings. The first-order valence-corrected chi connectivity index (χ1v) is 21.7.